The first-order valence-electron chi connectivity index (χ1n) is 6.67. The number of rotatable bonds is 2. The maximum Gasteiger partial charge on any atom is 2.00 e. The van der Waals surface area contributed by atoms with Gasteiger partial charge in [0.05, 0.1) is 9.79 Å². The Hall–Kier alpha value is -1.07. The summed E-state index contributed by atoms with van der Waals surface area (Å²) in [6.45, 7) is 3.28. The van der Waals surface area contributed by atoms with Crippen LogP contribution in [0.1, 0.15) is 11.1 Å². The van der Waals surface area contributed by atoms with Crippen LogP contribution >= 0.6 is 23.2 Å². The summed E-state index contributed by atoms with van der Waals surface area (Å²) < 4.78 is 63.5. The quantitative estimate of drug-likeness (QED) is 0.360. The van der Waals surface area contributed by atoms with Gasteiger partial charge in [0.15, 0.2) is 0 Å². The van der Waals surface area contributed by atoms with Gasteiger partial charge in [-0.1, -0.05) is 23.2 Å². The van der Waals surface area contributed by atoms with Gasteiger partial charge in [-0.25, -0.2) is 16.8 Å². The molecule has 0 atom stereocenters. The number of benzene rings is 2. The van der Waals surface area contributed by atoms with Gasteiger partial charge in [-0.05, 0) is 49.2 Å². The summed E-state index contributed by atoms with van der Waals surface area (Å²) in [7, 11) is -8.96. The number of hydrogen-bond donors (Lipinski definition) is 2. The SMILES string of the molecule is Cc1c(N)cc(S(=O)(=O)[O-])cc1Cl.Cc1c(N)cc(S(=O)(=O)[O-])cc1Cl.[Ni+2]. The van der Waals surface area contributed by atoms with Crippen molar-refractivity contribution in [2.24, 2.45) is 0 Å². The van der Waals surface area contributed by atoms with Crippen LogP contribution in [0.25, 0.3) is 0 Å². The first-order chi connectivity index (χ1) is 11.6. The molecule has 27 heavy (non-hydrogen) atoms. The Labute approximate surface area is 177 Å². The second-order valence-corrected chi connectivity index (χ2v) is 8.72. The Kier molecular flexibility index (Phi) is 9.05. The van der Waals surface area contributed by atoms with E-state index in [-0.39, 0.29) is 37.9 Å². The van der Waals surface area contributed by atoms with E-state index in [1.807, 2.05) is 0 Å². The summed E-state index contributed by atoms with van der Waals surface area (Å²) in [4.78, 5) is -0.804. The fourth-order valence-corrected chi connectivity index (χ4v) is 3.29. The maximum absolute atomic E-state index is 10.6. The third-order valence-electron chi connectivity index (χ3n) is 3.29. The predicted octanol–water partition coefficient (Wildman–Crippen LogP) is 2.27. The van der Waals surface area contributed by atoms with E-state index in [4.69, 9.17) is 34.7 Å². The van der Waals surface area contributed by atoms with E-state index in [2.05, 4.69) is 0 Å². The summed E-state index contributed by atoms with van der Waals surface area (Å²) >= 11 is 11.3. The average Bonchev–Trinajstić information content (AvgIpc) is 2.48. The van der Waals surface area contributed by atoms with Gasteiger partial charge < -0.3 is 20.6 Å². The van der Waals surface area contributed by atoms with Crippen LogP contribution in [-0.2, 0) is 36.7 Å². The van der Waals surface area contributed by atoms with Crippen molar-refractivity contribution in [3.8, 4) is 0 Å². The molecule has 0 aliphatic heterocycles. The van der Waals surface area contributed by atoms with Gasteiger partial charge in [0.1, 0.15) is 20.2 Å². The molecule has 0 heterocycles. The molecule has 2 aromatic rings. The molecule has 0 aromatic heterocycles. The van der Waals surface area contributed by atoms with E-state index in [9.17, 15) is 25.9 Å². The second kappa shape index (κ2) is 9.42. The first-order valence-corrected chi connectivity index (χ1v) is 10.2. The van der Waals surface area contributed by atoms with Gasteiger partial charge in [-0.15, -0.1) is 0 Å². The van der Waals surface area contributed by atoms with Crippen molar-refractivity contribution < 1.29 is 42.4 Å². The van der Waals surface area contributed by atoms with Gasteiger partial charge in [0, 0.05) is 21.4 Å². The molecular formula is C14H14Cl2N2NiO6S2. The van der Waals surface area contributed by atoms with Gasteiger partial charge in [0.25, 0.3) is 0 Å². The second-order valence-electron chi connectivity index (χ2n) is 5.15. The Balaban J connectivity index is 0.000000483. The molecule has 4 N–H and O–H groups in total. The van der Waals surface area contributed by atoms with Crippen LogP contribution in [0.2, 0.25) is 10.0 Å². The molecule has 2 aromatic carbocycles. The third kappa shape index (κ3) is 7.11. The van der Waals surface area contributed by atoms with Crippen LogP contribution < -0.4 is 11.5 Å². The molecule has 0 aliphatic carbocycles. The fraction of sp³-hybridized carbons (Fsp3) is 0.143. The first kappa shape index (κ1) is 25.9. The van der Waals surface area contributed by atoms with E-state index >= 15 is 0 Å². The zero-order valence-electron chi connectivity index (χ0n) is 13.8. The van der Waals surface area contributed by atoms with Crippen molar-refractivity contribution >= 4 is 54.8 Å². The molecule has 0 radical (unpaired) electrons. The smallest absolute Gasteiger partial charge is 0.744 e. The minimum absolute atomic E-state index is 0. The summed E-state index contributed by atoms with van der Waals surface area (Å²) in [5.41, 5.74) is 12.4. The number of nitrogen functional groups attached to an aromatic ring is 2. The molecule has 0 saturated heterocycles. The van der Waals surface area contributed by atoms with Crippen LogP contribution in [0.4, 0.5) is 11.4 Å². The van der Waals surface area contributed by atoms with Crippen molar-refractivity contribution in [1.82, 2.24) is 0 Å². The van der Waals surface area contributed by atoms with E-state index in [0.29, 0.717) is 11.1 Å². The number of hydrogen-bond acceptors (Lipinski definition) is 8. The fourth-order valence-electron chi connectivity index (χ4n) is 1.64. The number of halogens is 2. The molecule has 8 nitrogen and oxygen atoms in total. The van der Waals surface area contributed by atoms with E-state index in [1.54, 1.807) is 13.8 Å². The van der Waals surface area contributed by atoms with Crippen LogP contribution in [0.3, 0.4) is 0 Å². The maximum atomic E-state index is 10.6. The molecule has 0 saturated carbocycles. The monoisotopic (exact) mass is 498 g/mol. The molecule has 152 valence electrons. The zero-order valence-corrected chi connectivity index (χ0v) is 17.9. The standard InChI is InChI=1S/2C7H8ClNO3S.Ni/c2*1-4-6(8)2-5(3-7(4)9)13(10,11)12;/h2*2-3H,9H2,1H3,(H,10,11,12);/q;;+2/p-2. The minimum Gasteiger partial charge on any atom is -0.744 e. The zero-order chi connectivity index (χ0) is 20.4. The molecule has 0 amide bonds. The van der Waals surface area contributed by atoms with Crippen molar-refractivity contribution in [3.63, 3.8) is 0 Å². The Morgan fingerprint density at radius 2 is 1.00 bits per heavy atom. The summed E-state index contributed by atoms with van der Waals surface area (Å²) in [6.07, 6.45) is 0. The molecule has 0 bridgehead atoms. The molecule has 13 heteroatoms. The van der Waals surface area contributed by atoms with E-state index in [1.165, 1.54) is 0 Å². The van der Waals surface area contributed by atoms with Crippen LogP contribution in [0.5, 0.6) is 0 Å². The molecule has 0 aliphatic rings. The Bertz CT molecular complexity index is 928. The summed E-state index contributed by atoms with van der Waals surface area (Å²) in [5.74, 6) is 0. The van der Waals surface area contributed by atoms with Crippen molar-refractivity contribution in [2.45, 2.75) is 23.6 Å². The van der Waals surface area contributed by atoms with Crippen molar-refractivity contribution in [1.29, 1.82) is 0 Å². The topological polar surface area (TPSA) is 166 Å². The van der Waals surface area contributed by atoms with Gasteiger partial charge in [0.2, 0.25) is 0 Å². The number of nitrogens with two attached hydrogens (primary N) is 2. The molecule has 0 unspecified atom stereocenters. The van der Waals surface area contributed by atoms with E-state index < -0.39 is 30.0 Å². The molecule has 2 rings (SSSR count). The minimum atomic E-state index is -4.48. The van der Waals surface area contributed by atoms with Gasteiger partial charge >= 0.3 is 16.5 Å². The van der Waals surface area contributed by atoms with Crippen LogP contribution in [0.15, 0.2) is 34.1 Å². The largest absolute Gasteiger partial charge is 2.00 e. The van der Waals surface area contributed by atoms with Gasteiger partial charge in [-0.3, -0.25) is 0 Å². The summed E-state index contributed by atoms with van der Waals surface area (Å²) in [6, 6.07) is 4.39. The molecule has 0 fully saturated rings. The third-order valence-corrected chi connectivity index (χ3v) is 5.70. The molecular weight excluding hydrogens is 486 g/mol. The van der Waals surface area contributed by atoms with Crippen molar-refractivity contribution in [3.05, 3.63) is 45.4 Å². The Morgan fingerprint density at radius 1 is 0.741 bits per heavy atom. The van der Waals surface area contributed by atoms with Crippen molar-refractivity contribution in [2.75, 3.05) is 11.5 Å². The predicted molar refractivity (Wildman–Crippen MR) is 97.1 cm³/mol. The summed E-state index contributed by atoms with van der Waals surface area (Å²) in [5, 5.41) is 0.351. The normalized spacial score (nSPS) is 11.2. The Morgan fingerprint density at radius 3 is 1.19 bits per heavy atom. The van der Waals surface area contributed by atoms with E-state index in [0.717, 1.165) is 24.3 Å². The number of anilines is 2. The van der Waals surface area contributed by atoms with Crippen LogP contribution in [0, 0.1) is 13.8 Å². The molecule has 0 spiro atoms. The van der Waals surface area contributed by atoms with Crippen LogP contribution in [-0.4, -0.2) is 25.9 Å². The average molecular weight is 500 g/mol. The van der Waals surface area contributed by atoms with Gasteiger partial charge in [-0.2, -0.15) is 0 Å².